The molecule has 0 atom stereocenters. The largest absolute Gasteiger partial charge is 0.268 e. The van der Waals surface area contributed by atoms with Crippen LogP contribution in [-0.4, -0.2) is 10.2 Å². The summed E-state index contributed by atoms with van der Waals surface area (Å²) in [5.74, 6) is 0. The van der Waals surface area contributed by atoms with Gasteiger partial charge >= 0.3 is 0 Å². The second-order valence-electron chi connectivity index (χ2n) is 3.57. The quantitative estimate of drug-likeness (QED) is 0.801. The van der Waals surface area contributed by atoms with E-state index in [9.17, 15) is 4.79 Å². The van der Waals surface area contributed by atoms with E-state index in [2.05, 4.69) is 41.4 Å². The van der Waals surface area contributed by atoms with E-state index < -0.39 is 0 Å². The molecular formula is C12H12N2O. The van der Waals surface area contributed by atoms with E-state index in [0.717, 1.165) is 12.1 Å². The monoisotopic (exact) mass is 200 g/mol. The van der Waals surface area contributed by atoms with E-state index in [-0.39, 0.29) is 5.56 Å². The first kappa shape index (κ1) is 9.65. The zero-order chi connectivity index (χ0) is 10.7. The van der Waals surface area contributed by atoms with Gasteiger partial charge in [-0.2, -0.15) is 5.10 Å². The molecule has 0 aliphatic rings. The highest BCUT2D eigenvalue weighted by molar-refractivity contribution is 5.24. The Hall–Kier alpha value is -1.90. The molecule has 1 aromatic carbocycles. The van der Waals surface area contributed by atoms with Crippen LogP contribution in [0.3, 0.4) is 0 Å². The van der Waals surface area contributed by atoms with Crippen molar-refractivity contribution in [2.45, 2.75) is 13.3 Å². The van der Waals surface area contributed by atoms with Gasteiger partial charge < -0.3 is 0 Å². The number of hydrogen-bond donors (Lipinski definition) is 1. The van der Waals surface area contributed by atoms with Crippen LogP contribution in [0.5, 0.6) is 0 Å². The van der Waals surface area contributed by atoms with Gasteiger partial charge in [-0.3, -0.25) is 4.79 Å². The predicted octanol–water partition coefficient (Wildman–Crippen LogP) is 1.67. The summed E-state index contributed by atoms with van der Waals surface area (Å²) in [6.45, 7) is 2.06. The second-order valence-corrected chi connectivity index (χ2v) is 3.57. The minimum Gasteiger partial charge on any atom is -0.268 e. The van der Waals surface area contributed by atoms with Crippen molar-refractivity contribution in [3.05, 3.63) is 63.6 Å². The number of H-pyrrole nitrogens is 1. The summed E-state index contributed by atoms with van der Waals surface area (Å²) in [5.41, 5.74) is 3.15. The Bertz CT molecular complexity index is 479. The van der Waals surface area contributed by atoms with Crippen LogP contribution in [0.1, 0.15) is 16.8 Å². The summed E-state index contributed by atoms with van der Waals surface area (Å²) in [6.07, 6.45) is 0.747. The highest BCUT2D eigenvalue weighted by atomic mass is 16.1. The van der Waals surface area contributed by atoms with Gasteiger partial charge in [0.15, 0.2) is 0 Å². The first-order valence-electron chi connectivity index (χ1n) is 4.84. The van der Waals surface area contributed by atoms with Gasteiger partial charge in [0.25, 0.3) is 5.56 Å². The average Bonchev–Trinajstić information content (AvgIpc) is 2.25. The topological polar surface area (TPSA) is 45.8 Å². The molecule has 0 bridgehead atoms. The predicted molar refractivity (Wildman–Crippen MR) is 58.8 cm³/mol. The lowest BCUT2D eigenvalue weighted by Crippen LogP contribution is -2.07. The molecule has 2 rings (SSSR count). The summed E-state index contributed by atoms with van der Waals surface area (Å²) >= 11 is 0. The molecule has 0 amide bonds. The van der Waals surface area contributed by atoms with Crippen LogP contribution in [0.2, 0.25) is 0 Å². The molecule has 1 N–H and O–H groups in total. The molecule has 3 nitrogen and oxygen atoms in total. The minimum absolute atomic E-state index is 0.164. The highest BCUT2D eigenvalue weighted by Crippen LogP contribution is 2.07. The van der Waals surface area contributed by atoms with E-state index in [1.807, 2.05) is 0 Å². The van der Waals surface area contributed by atoms with Gasteiger partial charge in [-0.1, -0.05) is 29.8 Å². The highest BCUT2D eigenvalue weighted by Gasteiger charge is 1.97. The Kier molecular flexibility index (Phi) is 2.63. The Morgan fingerprint density at radius 3 is 2.47 bits per heavy atom. The van der Waals surface area contributed by atoms with E-state index >= 15 is 0 Å². The maximum atomic E-state index is 10.8. The fourth-order valence-electron chi connectivity index (χ4n) is 1.39. The summed E-state index contributed by atoms with van der Waals surface area (Å²) in [7, 11) is 0. The van der Waals surface area contributed by atoms with E-state index in [0.29, 0.717) is 0 Å². The van der Waals surface area contributed by atoms with Crippen LogP contribution in [0.15, 0.2) is 41.2 Å². The molecule has 0 spiro atoms. The Morgan fingerprint density at radius 1 is 1.13 bits per heavy atom. The third-order valence-electron chi connectivity index (χ3n) is 2.24. The number of hydrogen-bond acceptors (Lipinski definition) is 2. The average molecular weight is 200 g/mol. The molecule has 2 aromatic rings. The molecule has 1 aromatic heterocycles. The molecular weight excluding hydrogens is 188 g/mol. The van der Waals surface area contributed by atoms with Gasteiger partial charge in [-0.05, 0) is 18.6 Å². The molecule has 76 valence electrons. The standard InChI is InChI=1S/C12H12N2O/c1-9-2-4-10(5-3-9)8-11-6-7-12(15)14-13-11/h2-7H,8H2,1H3,(H,14,15). The van der Waals surface area contributed by atoms with Gasteiger partial charge in [-0.25, -0.2) is 5.10 Å². The first-order chi connectivity index (χ1) is 7.24. The Morgan fingerprint density at radius 2 is 1.87 bits per heavy atom. The van der Waals surface area contributed by atoms with E-state index in [1.165, 1.54) is 17.2 Å². The number of rotatable bonds is 2. The van der Waals surface area contributed by atoms with Crippen molar-refractivity contribution in [2.24, 2.45) is 0 Å². The number of nitrogens with one attached hydrogen (secondary N) is 1. The number of aromatic amines is 1. The van der Waals surface area contributed by atoms with Crippen molar-refractivity contribution in [2.75, 3.05) is 0 Å². The number of aromatic nitrogens is 2. The van der Waals surface area contributed by atoms with Crippen LogP contribution < -0.4 is 5.56 Å². The van der Waals surface area contributed by atoms with Crippen LogP contribution >= 0.6 is 0 Å². The van der Waals surface area contributed by atoms with E-state index in [1.54, 1.807) is 6.07 Å². The Balaban J connectivity index is 2.18. The van der Waals surface area contributed by atoms with Crippen molar-refractivity contribution in [1.82, 2.24) is 10.2 Å². The first-order valence-corrected chi connectivity index (χ1v) is 4.84. The molecule has 0 fully saturated rings. The lowest BCUT2D eigenvalue weighted by molar-refractivity contribution is 0.910. The molecule has 0 saturated carbocycles. The number of nitrogens with zero attached hydrogens (tertiary/aromatic N) is 1. The zero-order valence-corrected chi connectivity index (χ0v) is 8.53. The maximum absolute atomic E-state index is 10.8. The van der Waals surface area contributed by atoms with Crippen molar-refractivity contribution in [3.63, 3.8) is 0 Å². The third kappa shape index (κ3) is 2.53. The molecule has 3 heteroatoms. The summed E-state index contributed by atoms with van der Waals surface area (Å²) in [6, 6.07) is 11.5. The van der Waals surface area contributed by atoms with Crippen molar-refractivity contribution >= 4 is 0 Å². The smallest absolute Gasteiger partial charge is 0.264 e. The fraction of sp³-hybridized carbons (Fsp3) is 0.167. The maximum Gasteiger partial charge on any atom is 0.264 e. The summed E-state index contributed by atoms with van der Waals surface area (Å²) < 4.78 is 0. The molecule has 0 radical (unpaired) electrons. The molecule has 0 aliphatic heterocycles. The fourth-order valence-corrected chi connectivity index (χ4v) is 1.39. The lowest BCUT2D eigenvalue weighted by Gasteiger charge is -2.00. The number of benzene rings is 1. The molecule has 15 heavy (non-hydrogen) atoms. The van der Waals surface area contributed by atoms with Gasteiger partial charge in [-0.15, -0.1) is 0 Å². The van der Waals surface area contributed by atoms with Crippen LogP contribution in [0.4, 0.5) is 0 Å². The summed E-state index contributed by atoms with van der Waals surface area (Å²) in [4.78, 5) is 10.8. The second kappa shape index (κ2) is 4.09. The lowest BCUT2D eigenvalue weighted by atomic mass is 10.1. The van der Waals surface area contributed by atoms with Gasteiger partial charge in [0, 0.05) is 12.5 Å². The van der Waals surface area contributed by atoms with Crippen LogP contribution in [0, 0.1) is 6.92 Å². The zero-order valence-electron chi connectivity index (χ0n) is 8.53. The van der Waals surface area contributed by atoms with Gasteiger partial charge in [0.05, 0.1) is 5.69 Å². The number of aryl methyl sites for hydroxylation is 1. The van der Waals surface area contributed by atoms with Crippen molar-refractivity contribution in [3.8, 4) is 0 Å². The van der Waals surface area contributed by atoms with Crippen molar-refractivity contribution < 1.29 is 0 Å². The molecule has 0 aliphatic carbocycles. The SMILES string of the molecule is Cc1ccc(Cc2ccc(=O)[nH]n2)cc1. The minimum atomic E-state index is -0.164. The Labute approximate surface area is 87.8 Å². The normalized spacial score (nSPS) is 10.2. The van der Waals surface area contributed by atoms with Gasteiger partial charge in [0.2, 0.25) is 0 Å². The molecule has 1 heterocycles. The molecule has 0 saturated heterocycles. The molecule has 0 unspecified atom stereocenters. The third-order valence-corrected chi connectivity index (χ3v) is 2.24. The van der Waals surface area contributed by atoms with E-state index in [4.69, 9.17) is 0 Å². The van der Waals surface area contributed by atoms with Crippen LogP contribution in [0.25, 0.3) is 0 Å². The van der Waals surface area contributed by atoms with Crippen LogP contribution in [-0.2, 0) is 6.42 Å². The van der Waals surface area contributed by atoms with Gasteiger partial charge in [0.1, 0.15) is 0 Å². The van der Waals surface area contributed by atoms with Crippen molar-refractivity contribution in [1.29, 1.82) is 0 Å². The summed E-state index contributed by atoms with van der Waals surface area (Å²) in [5, 5.41) is 6.38.